The van der Waals surface area contributed by atoms with E-state index in [1.807, 2.05) is 0 Å². The predicted octanol–water partition coefficient (Wildman–Crippen LogP) is 1.88. The molecule has 84 valence electrons. The molecule has 15 heavy (non-hydrogen) atoms. The van der Waals surface area contributed by atoms with Crippen molar-refractivity contribution < 1.29 is 22.6 Å². The fourth-order valence-corrected chi connectivity index (χ4v) is 0.971. The van der Waals surface area contributed by atoms with E-state index in [1.165, 1.54) is 14.0 Å². The highest BCUT2D eigenvalue weighted by atomic mass is 19.4. The van der Waals surface area contributed by atoms with E-state index in [0.717, 1.165) is 6.07 Å². The second-order valence-corrected chi connectivity index (χ2v) is 2.72. The van der Waals surface area contributed by atoms with Crippen LogP contribution in [0.1, 0.15) is 5.69 Å². The largest absolute Gasteiger partial charge is 0.573 e. The van der Waals surface area contributed by atoms with Gasteiger partial charge < -0.3 is 15.2 Å². The summed E-state index contributed by atoms with van der Waals surface area (Å²) in [5.74, 6) is -0.358. The smallest absolute Gasteiger partial charge is 0.480 e. The van der Waals surface area contributed by atoms with Gasteiger partial charge in [-0.05, 0) is 6.92 Å². The van der Waals surface area contributed by atoms with E-state index in [9.17, 15) is 13.2 Å². The summed E-state index contributed by atoms with van der Waals surface area (Å²) in [4.78, 5) is 3.70. The minimum Gasteiger partial charge on any atom is -0.480 e. The van der Waals surface area contributed by atoms with Gasteiger partial charge in [-0.1, -0.05) is 0 Å². The summed E-state index contributed by atoms with van der Waals surface area (Å²) in [5.41, 5.74) is 5.43. The maximum absolute atomic E-state index is 11.9. The van der Waals surface area contributed by atoms with E-state index < -0.39 is 12.1 Å². The van der Waals surface area contributed by atoms with Crippen LogP contribution < -0.4 is 15.2 Å². The van der Waals surface area contributed by atoms with Gasteiger partial charge in [0, 0.05) is 6.07 Å². The Bertz CT molecular complexity index is 366. The molecular formula is C8H9F3N2O2. The summed E-state index contributed by atoms with van der Waals surface area (Å²) in [6, 6.07) is 1.02. The Labute approximate surface area is 83.8 Å². The van der Waals surface area contributed by atoms with Gasteiger partial charge in [-0.15, -0.1) is 13.2 Å². The number of rotatable bonds is 2. The number of alkyl halides is 3. The van der Waals surface area contributed by atoms with Gasteiger partial charge in [0.05, 0.1) is 18.5 Å². The molecule has 0 unspecified atom stereocenters. The van der Waals surface area contributed by atoms with Crippen molar-refractivity contribution in [3.05, 3.63) is 11.8 Å². The number of methoxy groups -OCH3 is 1. The molecule has 0 aromatic carbocycles. The summed E-state index contributed by atoms with van der Waals surface area (Å²) in [6.07, 6.45) is -4.76. The third kappa shape index (κ3) is 2.90. The van der Waals surface area contributed by atoms with Gasteiger partial charge in [0.2, 0.25) is 5.88 Å². The number of hydrogen-bond donors (Lipinski definition) is 1. The lowest BCUT2D eigenvalue weighted by atomic mass is 10.3. The molecule has 0 spiro atoms. The average molecular weight is 222 g/mol. The van der Waals surface area contributed by atoms with Gasteiger partial charge in [0.1, 0.15) is 0 Å². The fourth-order valence-electron chi connectivity index (χ4n) is 0.971. The molecular weight excluding hydrogens is 213 g/mol. The molecule has 0 aliphatic heterocycles. The zero-order valence-electron chi connectivity index (χ0n) is 8.05. The lowest BCUT2D eigenvalue weighted by molar-refractivity contribution is -0.274. The van der Waals surface area contributed by atoms with Crippen LogP contribution in [0.2, 0.25) is 0 Å². The Morgan fingerprint density at radius 3 is 2.47 bits per heavy atom. The standard InChI is InChI=1S/C8H9F3N2O2/c1-4-6(15-8(9,10)11)3-5(12)7(13-4)14-2/h3H,12H2,1-2H3. The Kier molecular flexibility index (Phi) is 2.92. The maximum atomic E-state index is 11.9. The zero-order valence-corrected chi connectivity index (χ0v) is 8.05. The molecule has 7 heteroatoms. The van der Waals surface area contributed by atoms with Crippen LogP contribution in [0.25, 0.3) is 0 Å². The molecule has 0 saturated carbocycles. The Hall–Kier alpha value is -1.66. The van der Waals surface area contributed by atoms with Crippen LogP contribution in [0.4, 0.5) is 18.9 Å². The number of ether oxygens (including phenoxy) is 2. The molecule has 0 aliphatic carbocycles. The number of nitrogen functional groups attached to an aromatic ring is 1. The number of aromatic nitrogens is 1. The SMILES string of the molecule is COc1nc(C)c(OC(F)(F)F)cc1N. The van der Waals surface area contributed by atoms with Crippen molar-refractivity contribution in [3.63, 3.8) is 0 Å². The van der Waals surface area contributed by atoms with Crippen LogP contribution in [0.5, 0.6) is 11.6 Å². The monoisotopic (exact) mass is 222 g/mol. The number of halogens is 3. The first kappa shape index (κ1) is 11.4. The number of aryl methyl sites for hydroxylation is 1. The van der Waals surface area contributed by atoms with Crippen LogP contribution in [-0.2, 0) is 0 Å². The van der Waals surface area contributed by atoms with E-state index >= 15 is 0 Å². The molecule has 1 aromatic heterocycles. The highest BCUT2D eigenvalue weighted by Crippen LogP contribution is 2.30. The zero-order chi connectivity index (χ0) is 11.6. The lowest BCUT2D eigenvalue weighted by Gasteiger charge is -2.12. The summed E-state index contributed by atoms with van der Waals surface area (Å²) < 4.78 is 44.2. The van der Waals surface area contributed by atoms with Gasteiger partial charge in [0.15, 0.2) is 5.75 Å². The van der Waals surface area contributed by atoms with Crippen molar-refractivity contribution in [1.29, 1.82) is 0 Å². The first-order valence-corrected chi connectivity index (χ1v) is 3.90. The van der Waals surface area contributed by atoms with Crippen molar-refractivity contribution in [2.75, 3.05) is 12.8 Å². The third-order valence-corrected chi connectivity index (χ3v) is 1.58. The van der Waals surface area contributed by atoms with E-state index in [2.05, 4.69) is 9.72 Å². The molecule has 4 nitrogen and oxygen atoms in total. The molecule has 0 aliphatic rings. The van der Waals surface area contributed by atoms with E-state index in [1.54, 1.807) is 0 Å². The van der Waals surface area contributed by atoms with Crippen molar-refractivity contribution in [1.82, 2.24) is 4.98 Å². The Balaban J connectivity index is 3.05. The number of anilines is 1. The molecule has 1 heterocycles. The maximum Gasteiger partial charge on any atom is 0.573 e. The molecule has 0 bridgehead atoms. The number of nitrogens with zero attached hydrogens (tertiary/aromatic N) is 1. The topological polar surface area (TPSA) is 57.4 Å². The molecule has 2 N–H and O–H groups in total. The number of hydrogen-bond acceptors (Lipinski definition) is 4. The summed E-state index contributed by atoms with van der Waals surface area (Å²) >= 11 is 0. The van der Waals surface area contributed by atoms with Crippen LogP contribution >= 0.6 is 0 Å². The first-order chi connectivity index (χ1) is 6.83. The minimum absolute atomic E-state index is 0.0117. The summed E-state index contributed by atoms with van der Waals surface area (Å²) in [5, 5.41) is 0. The minimum atomic E-state index is -4.76. The second-order valence-electron chi connectivity index (χ2n) is 2.72. The van der Waals surface area contributed by atoms with Gasteiger partial charge in [-0.3, -0.25) is 0 Å². The molecule has 0 atom stereocenters. The Morgan fingerprint density at radius 1 is 1.40 bits per heavy atom. The quantitative estimate of drug-likeness (QED) is 0.829. The van der Waals surface area contributed by atoms with E-state index in [4.69, 9.17) is 10.5 Å². The molecule has 0 amide bonds. The molecule has 1 aromatic rings. The van der Waals surface area contributed by atoms with Gasteiger partial charge in [0.25, 0.3) is 0 Å². The third-order valence-electron chi connectivity index (χ3n) is 1.58. The predicted molar refractivity (Wildman–Crippen MR) is 46.6 cm³/mol. The molecule has 0 saturated heterocycles. The van der Waals surface area contributed by atoms with Crippen molar-refractivity contribution >= 4 is 5.69 Å². The molecule has 0 fully saturated rings. The van der Waals surface area contributed by atoms with Gasteiger partial charge in [-0.25, -0.2) is 4.98 Å². The first-order valence-electron chi connectivity index (χ1n) is 3.90. The number of nitrogens with two attached hydrogens (primary N) is 1. The summed E-state index contributed by atoms with van der Waals surface area (Å²) in [6.45, 7) is 1.36. The molecule has 0 radical (unpaired) electrons. The van der Waals surface area contributed by atoms with Crippen LogP contribution in [0, 0.1) is 6.92 Å². The van der Waals surface area contributed by atoms with Gasteiger partial charge >= 0.3 is 6.36 Å². The van der Waals surface area contributed by atoms with Gasteiger partial charge in [-0.2, -0.15) is 0 Å². The van der Waals surface area contributed by atoms with Crippen LogP contribution in [0.15, 0.2) is 6.07 Å². The number of pyridine rings is 1. The average Bonchev–Trinajstić information content (AvgIpc) is 2.08. The van der Waals surface area contributed by atoms with E-state index in [0.29, 0.717) is 0 Å². The normalized spacial score (nSPS) is 11.3. The Morgan fingerprint density at radius 2 is 2.00 bits per heavy atom. The lowest BCUT2D eigenvalue weighted by Crippen LogP contribution is -2.18. The van der Waals surface area contributed by atoms with Crippen LogP contribution in [-0.4, -0.2) is 18.5 Å². The highest BCUT2D eigenvalue weighted by Gasteiger charge is 2.32. The van der Waals surface area contributed by atoms with E-state index in [-0.39, 0.29) is 17.3 Å². The fraction of sp³-hybridized carbons (Fsp3) is 0.375. The highest BCUT2D eigenvalue weighted by molar-refractivity contribution is 5.53. The molecule has 1 rings (SSSR count). The van der Waals surface area contributed by atoms with Crippen LogP contribution in [0.3, 0.4) is 0 Å². The van der Waals surface area contributed by atoms with Crippen molar-refractivity contribution in [3.8, 4) is 11.6 Å². The van der Waals surface area contributed by atoms with Crippen molar-refractivity contribution in [2.45, 2.75) is 13.3 Å². The second kappa shape index (κ2) is 3.84. The van der Waals surface area contributed by atoms with Crippen molar-refractivity contribution in [2.24, 2.45) is 0 Å². The summed E-state index contributed by atoms with van der Waals surface area (Å²) in [7, 11) is 1.32.